The van der Waals surface area contributed by atoms with E-state index in [9.17, 15) is 5.11 Å². The van der Waals surface area contributed by atoms with Crippen LogP contribution in [0.1, 0.15) is 52.9 Å². The molecule has 0 saturated carbocycles. The van der Waals surface area contributed by atoms with E-state index < -0.39 is 5.60 Å². The molecule has 0 fully saturated rings. The Labute approximate surface area is 93.9 Å². The highest BCUT2D eigenvalue weighted by Crippen LogP contribution is 2.32. The van der Waals surface area contributed by atoms with Gasteiger partial charge in [0.05, 0.1) is 5.60 Å². The molecule has 0 saturated heterocycles. The van der Waals surface area contributed by atoms with Crippen molar-refractivity contribution in [2.45, 2.75) is 58.5 Å². The smallest absolute Gasteiger partial charge is 0.0653 e. The molecule has 0 heterocycles. The topological polar surface area (TPSA) is 20.2 Å². The Balaban J connectivity index is 2.43. The lowest BCUT2D eigenvalue weighted by Gasteiger charge is -2.33. The minimum atomic E-state index is -0.489. The van der Waals surface area contributed by atoms with Crippen molar-refractivity contribution >= 4 is 0 Å². The van der Waals surface area contributed by atoms with Crippen LogP contribution in [0.15, 0.2) is 23.8 Å². The molecular formula is C14H24O. The molecule has 0 aromatic carbocycles. The summed E-state index contributed by atoms with van der Waals surface area (Å²) in [5.41, 5.74) is 0.853. The molecule has 0 aromatic heterocycles. The maximum atomic E-state index is 10.4. The van der Waals surface area contributed by atoms with Gasteiger partial charge in [0.25, 0.3) is 0 Å². The SMILES string of the molecule is CC(C)=CCC[C@@](C)(O)[C@H]1CC=CCC1. The van der Waals surface area contributed by atoms with Gasteiger partial charge < -0.3 is 5.11 Å². The molecule has 1 rings (SSSR count). The fourth-order valence-corrected chi connectivity index (χ4v) is 2.22. The number of hydrogen-bond donors (Lipinski definition) is 1. The fourth-order valence-electron chi connectivity index (χ4n) is 2.22. The number of rotatable bonds is 4. The minimum absolute atomic E-state index is 0.452. The van der Waals surface area contributed by atoms with E-state index in [2.05, 4.69) is 32.1 Å². The van der Waals surface area contributed by atoms with Gasteiger partial charge in [-0.3, -0.25) is 0 Å². The van der Waals surface area contributed by atoms with Gasteiger partial charge in [-0.05, 0) is 58.8 Å². The highest BCUT2D eigenvalue weighted by molar-refractivity contribution is 4.99. The molecule has 1 heteroatoms. The monoisotopic (exact) mass is 208 g/mol. The van der Waals surface area contributed by atoms with E-state index in [1.54, 1.807) is 0 Å². The van der Waals surface area contributed by atoms with E-state index in [0.29, 0.717) is 5.92 Å². The Bertz CT molecular complexity index is 244. The summed E-state index contributed by atoms with van der Waals surface area (Å²) in [5, 5.41) is 10.4. The summed E-state index contributed by atoms with van der Waals surface area (Å²) in [5.74, 6) is 0.452. The lowest BCUT2D eigenvalue weighted by atomic mass is 9.78. The molecule has 2 atom stereocenters. The Hall–Kier alpha value is -0.560. The van der Waals surface area contributed by atoms with Crippen molar-refractivity contribution in [2.24, 2.45) is 5.92 Å². The second-order valence-corrected chi connectivity index (χ2v) is 5.16. The molecule has 0 aromatic rings. The molecule has 86 valence electrons. The lowest BCUT2D eigenvalue weighted by molar-refractivity contribution is -0.0116. The predicted octanol–water partition coefficient (Wildman–Crippen LogP) is 3.84. The van der Waals surface area contributed by atoms with Crippen molar-refractivity contribution in [1.82, 2.24) is 0 Å². The molecule has 15 heavy (non-hydrogen) atoms. The fraction of sp³-hybridized carbons (Fsp3) is 0.714. The quantitative estimate of drug-likeness (QED) is 0.696. The van der Waals surface area contributed by atoms with E-state index in [1.165, 1.54) is 5.57 Å². The van der Waals surface area contributed by atoms with Crippen molar-refractivity contribution in [1.29, 1.82) is 0 Å². The molecule has 0 unspecified atom stereocenters. The van der Waals surface area contributed by atoms with Crippen molar-refractivity contribution in [3.05, 3.63) is 23.8 Å². The Morgan fingerprint density at radius 2 is 2.20 bits per heavy atom. The lowest BCUT2D eigenvalue weighted by Crippen LogP contribution is -2.34. The highest BCUT2D eigenvalue weighted by atomic mass is 16.3. The van der Waals surface area contributed by atoms with Crippen molar-refractivity contribution in [3.63, 3.8) is 0 Å². The zero-order valence-electron chi connectivity index (χ0n) is 10.3. The molecule has 1 nitrogen and oxygen atoms in total. The van der Waals surface area contributed by atoms with Gasteiger partial charge in [-0.25, -0.2) is 0 Å². The molecule has 0 radical (unpaired) electrons. The predicted molar refractivity (Wildman–Crippen MR) is 65.8 cm³/mol. The third-order valence-electron chi connectivity index (χ3n) is 3.35. The van der Waals surface area contributed by atoms with Crippen LogP contribution in [0.3, 0.4) is 0 Å². The Morgan fingerprint density at radius 3 is 2.73 bits per heavy atom. The van der Waals surface area contributed by atoms with Crippen LogP contribution in [0.4, 0.5) is 0 Å². The third kappa shape index (κ3) is 4.21. The van der Waals surface area contributed by atoms with Gasteiger partial charge in [0.2, 0.25) is 0 Å². The Kier molecular flexibility index (Phi) is 4.59. The highest BCUT2D eigenvalue weighted by Gasteiger charge is 2.30. The van der Waals surface area contributed by atoms with Gasteiger partial charge in [-0.1, -0.05) is 23.8 Å². The zero-order chi connectivity index (χ0) is 11.3. The summed E-state index contributed by atoms with van der Waals surface area (Å²) in [6.07, 6.45) is 11.8. The van der Waals surface area contributed by atoms with Gasteiger partial charge in [0, 0.05) is 0 Å². The van der Waals surface area contributed by atoms with Crippen LogP contribution in [-0.4, -0.2) is 10.7 Å². The first-order valence-corrected chi connectivity index (χ1v) is 6.03. The van der Waals surface area contributed by atoms with E-state index in [0.717, 1.165) is 32.1 Å². The Morgan fingerprint density at radius 1 is 1.47 bits per heavy atom. The molecular weight excluding hydrogens is 184 g/mol. The molecule has 1 aliphatic rings. The maximum Gasteiger partial charge on any atom is 0.0653 e. The zero-order valence-corrected chi connectivity index (χ0v) is 10.3. The van der Waals surface area contributed by atoms with Crippen LogP contribution < -0.4 is 0 Å². The summed E-state index contributed by atoms with van der Waals surface area (Å²) in [6, 6.07) is 0. The first kappa shape index (κ1) is 12.5. The summed E-state index contributed by atoms with van der Waals surface area (Å²) >= 11 is 0. The van der Waals surface area contributed by atoms with Crippen LogP contribution in [0.2, 0.25) is 0 Å². The van der Waals surface area contributed by atoms with Crippen molar-refractivity contribution in [3.8, 4) is 0 Å². The van der Waals surface area contributed by atoms with Gasteiger partial charge in [-0.2, -0.15) is 0 Å². The van der Waals surface area contributed by atoms with E-state index >= 15 is 0 Å². The van der Waals surface area contributed by atoms with Crippen LogP contribution >= 0.6 is 0 Å². The van der Waals surface area contributed by atoms with Crippen LogP contribution in [0.25, 0.3) is 0 Å². The van der Waals surface area contributed by atoms with E-state index in [4.69, 9.17) is 0 Å². The molecule has 1 N–H and O–H groups in total. The summed E-state index contributed by atoms with van der Waals surface area (Å²) < 4.78 is 0. The number of aliphatic hydroxyl groups is 1. The van der Waals surface area contributed by atoms with Crippen LogP contribution in [0.5, 0.6) is 0 Å². The van der Waals surface area contributed by atoms with Gasteiger partial charge in [0.1, 0.15) is 0 Å². The molecule has 0 aliphatic heterocycles. The first-order valence-electron chi connectivity index (χ1n) is 6.03. The number of hydrogen-bond acceptors (Lipinski definition) is 1. The minimum Gasteiger partial charge on any atom is -0.390 e. The standard InChI is InChI=1S/C14H24O/c1-12(2)8-7-11-14(3,15)13-9-5-4-6-10-13/h4-5,8,13,15H,6-7,9-11H2,1-3H3/t13-,14+/m0/s1. The average molecular weight is 208 g/mol. The van der Waals surface area contributed by atoms with Gasteiger partial charge in [0.15, 0.2) is 0 Å². The summed E-state index contributed by atoms with van der Waals surface area (Å²) in [4.78, 5) is 0. The summed E-state index contributed by atoms with van der Waals surface area (Å²) in [7, 11) is 0. The second kappa shape index (κ2) is 5.50. The van der Waals surface area contributed by atoms with E-state index in [1.807, 2.05) is 6.92 Å². The van der Waals surface area contributed by atoms with Gasteiger partial charge in [-0.15, -0.1) is 0 Å². The average Bonchev–Trinajstić information content (AvgIpc) is 2.18. The van der Waals surface area contributed by atoms with Crippen molar-refractivity contribution < 1.29 is 5.11 Å². The molecule has 1 aliphatic carbocycles. The van der Waals surface area contributed by atoms with E-state index in [-0.39, 0.29) is 0 Å². The molecule has 0 bridgehead atoms. The number of allylic oxidation sites excluding steroid dienone is 4. The molecule has 0 spiro atoms. The normalized spacial score (nSPS) is 24.7. The van der Waals surface area contributed by atoms with Crippen LogP contribution in [-0.2, 0) is 0 Å². The van der Waals surface area contributed by atoms with Gasteiger partial charge >= 0.3 is 0 Å². The molecule has 0 amide bonds. The summed E-state index contributed by atoms with van der Waals surface area (Å²) in [6.45, 7) is 6.21. The maximum absolute atomic E-state index is 10.4. The largest absolute Gasteiger partial charge is 0.390 e. The third-order valence-corrected chi connectivity index (χ3v) is 3.35. The second-order valence-electron chi connectivity index (χ2n) is 5.16. The van der Waals surface area contributed by atoms with Crippen LogP contribution in [0, 0.1) is 5.92 Å². The van der Waals surface area contributed by atoms with Crippen molar-refractivity contribution in [2.75, 3.05) is 0 Å². The first-order chi connectivity index (χ1) is 7.02.